The zero-order chi connectivity index (χ0) is 13.2. The molecule has 1 heterocycles. The molecular formula is C15H17BrN2S. The number of nitrogens with zero attached hydrogens (tertiary/aromatic N) is 1. The summed E-state index contributed by atoms with van der Waals surface area (Å²) in [6.07, 6.45) is 2.48. The molecule has 1 saturated carbocycles. The van der Waals surface area contributed by atoms with Crippen LogP contribution in [0.3, 0.4) is 0 Å². The predicted octanol–water partition coefficient (Wildman–Crippen LogP) is 4.25. The minimum atomic E-state index is 0.649. The second-order valence-corrected chi connectivity index (χ2v) is 7.13. The molecule has 1 N–H and O–H groups in total. The van der Waals surface area contributed by atoms with Crippen molar-refractivity contribution in [3.8, 4) is 0 Å². The van der Waals surface area contributed by atoms with E-state index in [1.165, 1.54) is 24.1 Å². The normalized spacial score (nSPS) is 22.2. The molecule has 1 aliphatic carbocycles. The molecule has 0 saturated heterocycles. The summed E-state index contributed by atoms with van der Waals surface area (Å²) in [7, 11) is 0. The van der Waals surface area contributed by atoms with Gasteiger partial charge in [0, 0.05) is 22.4 Å². The second-order valence-electron chi connectivity index (χ2n) is 5.16. The SMILES string of the molecule is Cc1nc(CNC2CC(c3ccc(Br)cc3)C2)cs1. The summed E-state index contributed by atoms with van der Waals surface area (Å²) < 4.78 is 1.16. The molecule has 19 heavy (non-hydrogen) atoms. The fourth-order valence-electron chi connectivity index (χ4n) is 2.53. The van der Waals surface area contributed by atoms with Crippen LogP contribution in [-0.4, -0.2) is 11.0 Å². The molecule has 0 spiro atoms. The van der Waals surface area contributed by atoms with Crippen LogP contribution in [0.2, 0.25) is 0 Å². The number of hydrogen-bond acceptors (Lipinski definition) is 3. The Balaban J connectivity index is 1.46. The van der Waals surface area contributed by atoms with Crippen molar-refractivity contribution in [2.24, 2.45) is 0 Å². The maximum atomic E-state index is 4.48. The highest BCUT2D eigenvalue weighted by molar-refractivity contribution is 9.10. The molecule has 0 amide bonds. The maximum absolute atomic E-state index is 4.48. The van der Waals surface area contributed by atoms with Gasteiger partial charge in [-0.25, -0.2) is 4.98 Å². The predicted molar refractivity (Wildman–Crippen MR) is 83.6 cm³/mol. The smallest absolute Gasteiger partial charge is 0.0897 e. The Morgan fingerprint density at radius 1 is 1.32 bits per heavy atom. The van der Waals surface area contributed by atoms with Crippen molar-refractivity contribution in [2.75, 3.05) is 0 Å². The first-order chi connectivity index (χ1) is 9.20. The number of aryl methyl sites for hydroxylation is 1. The fraction of sp³-hybridized carbons (Fsp3) is 0.400. The molecule has 100 valence electrons. The number of halogens is 1. The summed E-state index contributed by atoms with van der Waals surface area (Å²) >= 11 is 5.21. The summed E-state index contributed by atoms with van der Waals surface area (Å²) in [6, 6.07) is 9.38. The van der Waals surface area contributed by atoms with Gasteiger partial charge in [-0.1, -0.05) is 28.1 Å². The van der Waals surface area contributed by atoms with E-state index in [0.717, 1.165) is 21.9 Å². The van der Waals surface area contributed by atoms with E-state index in [2.05, 4.69) is 62.8 Å². The van der Waals surface area contributed by atoms with Gasteiger partial charge in [0.15, 0.2) is 0 Å². The van der Waals surface area contributed by atoms with Crippen LogP contribution in [-0.2, 0) is 6.54 Å². The first kappa shape index (κ1) is 13.3. The molecule has 2 nitrogen and oxygen atoms in total. The lowest BCUT2D eigenvalue weighted by molar-refractivity contribution is 0.288. The molecule has 1 fully saturated rings. The molecule has 1 aliphatic rings. The number of thiazole rings is 1. The number of benzene rings is 1. The van der Waals surface area contributed by atoms with Gasteiger partial charge >= 0.3 is 0 Å². The zero-order valence-corrected chi connectivity index (χ0v) is 13.3. The molecule has 1 aromatic carbocycles. The highest BCUT2D eigenvalue weighted by Crippen LogP contribution is 2.37. The van der Waals surface area contributed by atoms with Gasteiger partial charge in [-0.05, 0) is 43.4 Å². The molecule has 2 aromatic rings. The van der Waals surface area contributed by atoms with Crippen molar-refractivity contribution in [1.29, 1.82) is 0 Å². The largest absolute Gasteiger partial charge is 0.308 e. The summed E-state index contributed by atoms with van der Waals surface area (Å²) in [6.45, 7) is 2.96. The lowest BCUT2D eigenvalue weighted by Gasteiger charge is -2.36. The van der Waals surface area contributed by atoms with E-state index < -0.39 is 0 Å². The number of hydrogen-bond donors (Lipinski definition) is 1. The van der Waals surface area contributed by atoms with Gasteiger partial charge in [0.25, 0.3) is 0 Å². The third-order valence-corrected chi connectivity index (χ3v) is 5.07. The first-order valence-electron chi connectivity index (χ1n) is 6.60. The molecule has 0 atom stereocenters. The number of aromatic nitrogens is 1. The molecule has 0 aliphatic heterocycles. The fourth-order valence-corrected chi connectivity index (χ4v) is 3.41. The quantitative estimate of drug-likeness (QED) is 0.902. The number of nitrogens with one attached hydrogen (secondary N) is 1. The van der Waals surface area contributed by atoms with Gasteiger partial charge in [-0.15, -0.1) is 11.3 Å². The third kappa shape index (κ3) is 3.25. The molecule has 3 rings (SSSR count). The van der Waals surface area contributed by atoms with E-state index >= 15 is 0 Å². The molecule has 4 heteroatoms. The van der Waals surface area contributed by atoms with Crippen molar-refractivity contribution >= 4 is 27.3 Å². The van der Waals surface area contributed by atoms with E-state index in [9.17, 15) is 0 Å². The van der Waals surface area contributed by atoms with Gasteiger partial charge < -0.3 is 5.32 Å². The van der Waals surface area contributed by atoms with Crippen LogP contribution in [0, 0.1) is 6.92 Å². The van der Waals surface area contributed by atoms with Crippen LogP contribution >= 0.6 is 27.3 Å². The van der Waals surface area contributed by atoms with E-state index in [1.54, 1.807) is 11.3 Å². The van der Waals surface area contributed by atoms with Crippen molar-refractivity contribution in [3.05, 3.63) is 50.4 Å². The third-order valence-electron chi connectivity index (χ3n) is 3.72. The lowest BCUT2D eigenvalue weighted by atomic mass is 9.76. The van der Waals surface area contributed by atoms with E-state index in [-0.39, 0.29) is 0 Å². The van der Waals surface area contributed by atoms with Crippen molar-refractivity contribution in [3.63, 3.8) is 0 Å². The van der Waals surface area contributed by atoms with Crippen molar-refractivity contribution in [1.82, 2.24) is 10.3 Å². The minimum absolute atomic E-state index is 0.649. The van der Waals surface area contributed by atoms with E-state index in [1.807, 2.05) is 0 Å². The highest BCUT2D eigenvalue weighted by Gasteiger charge is 2.29. The summed E-state index contributed by atoms with van der Waals surface area (Å²) in [5.74, 6) is 0.725. The van der Waals surface area contributed by atoms with Crippen LogP contribution in [0.1, 0.15) is 35.0 Å². The van der Waals surface area contributed by atoms with E-state index in [0.29, 0.717) is 6.04 Å². The van der Waals surface area contributed by atoms with Gasteiger partial charge in [-0.3, -0.25) is 0 Å². The zero-order valence-electron chi connectivity index (χ0n) is 10.9. The maximum Gasteiger partial charge on any atom is 0.0897 e. The monoisotopic (exact) mass is 336 g/mol. The minimum Gasteiger partial charge on any atom is -0.308 e. The summed E-state index contributed by atoms with van der Waals surface area (Å²) in [5, 5.41) is 6.89. The Morgan fingerprint density at radius 3 is 2.68 bits per heavy atom. The number of rotatable bonds is 4. The molecular weight excluding hydrogens is 320 g/mol. The Bertz CT molecular complexity index is 544. The lowest BCUT2D eigenvalue weighted by Crippen LogP contribution is -2.39. The average molecular weight is 337 g/mol. The summed E-state index contributed by atoms with van der Waals surface area (Å²) in [4.78, 5) is 4.48. The second kappa shape index (κ2) is 5.73. The van der Waals surface area contributed by atoms with Gasteiger partial charge in [0.2, 0.25) is 0 Å². The van der Waals surface area contributed by atoms with Crippen LogP contribution in [0.4, 0.5) is 0 Å². The van der Waals surface area contributed by atoms with Gasteiger partial charge in [0.1, 0.15) is 0 Å². The molecule has 0 unspecified atom stereocenters. The Labute approximate surface area is 126 Å². The topological polar surface area (TPSA) is 24.9 Å². The summed E-state index contributed by atoms with van der Waals surface area (Å²) in [5.41, 5.74) is 2.64. The first-order valence-corrected chi connectivity index (χ1v) is 8.28. The Hall–Kier alpha value is -0.710. The van der Waals surface area contributed by atoms with Crippen LogP contribution in [0.5, 0.6) is 0 Å². The van der Waals surface area contributed by atoms with E-state index in [4.69, 9.17) is 0 Å². The molecule has 0 radical (unpaired) electrons. The Morgan fingerprint density at radius 2 is 2.05 bits per heavy atom. The van der Waals surface area contributed by atoms with Crippen LogP contribution in [0.15, 0.2) is 34.1 Å². The van der Waals surface area contributed by atoms with Crippen LogP contribution < -0.4 is 5.32 Å². The van der Waals surface area contributed by atoms with Crippen LogP contribution in [0.25, 0.3) is 0 Å². The standard InChI is InChI=1S/C15H17BrN2S/c1-10-18-15(9-19-10)8-17-14-6-12(7-14)11-2-4-13(16)5-3-11/h2-5,9,12,14,17H,6-8H2,1H3. The molecule has 0 bridgehead atoms. The Kier molecular flexibility index (Phi) is 4.01. The average Bonchev–Trinajstić information content (AvgIpc) is 2.75. The molecule has 1 aromatic heterocycles. The van der Waals surface area contributed by atoms with Crippen molar-refractivity contribution < 1.29 is 0 Å². The van der Waals surface area contributed by atoms with Gasteiger partial charge in [0.05, 0.1) is 10.7 Å². The van der Waals surface area contributed by atoms with Crippen molar-refractivity contribution in [2.45, 2.75) is 38.3 Å². The van der Waals surface area contributed by atoms with Gasteiger partial charge in [-0.2, -0.15) is 0 Å². The highest BCUT2D eigenvalue weighted by atomic mass is 79.9.